The number of amides is 1. The SMILES string of the molecule is O=C1c2cccn2[C@H]2CN(Cc3ccco3)C[C@H]2N1Cc1ccccc1. The van der Waals surface area contributed by atoms with Gasteiger partial charge in [-0.1, -0.05) is 30.3 Å². The highest BCUT2D eigenvalue weighted by molar-refractivity contribution is 5.94. The third-order valence-electron chi connectivity index (χ3n) is 5.51. The molecule has 4 heterocycles. The van der Waals surface area contributed by atoms with Gasteiger partial charge < -0.3 is 13.9 Å². The summed E-state index contributed by atoms with van der Waals surface area (Å²) in [7, 11) is 0. The molecule has 132 valence electrons. The minimum atomic E-state index is 0.125. The number of aromatic nitrogens is 1. The topological polar surface area (TPSA) is 41.6 Å². The van der Waals surface area contributed by atoms with Crippen LogP contribution in [0.2, 0.25) is 0 Å². The number of benzene rings is 1. The molecule has 0 unspecified atom stereocenters. The first kappa shape index (κ1) is 15.5. The van der Waals surface area contributed by atoms with Crippen molar-refractivity contribution in [2.75, 3.05) is 13.1 Å². The number of carbonyl (C=O) groups excluding carboxylic acids is 1. The molecule has 26 heavy (non-hydrogen) atoms. The van der Waals surface area contributed by atoms with E-state index in [4.69, 9.17) is 4.42 Å². The maximum absolute atomic E-state index is 13.1. The Labute approximate surface area is 152 Å². The molecule has 0 aliphatic carbocycles. The quantitative estimate of drug-likeness (QED) is 0.728. The zero-order chi connectivity index (χ0) is 17.5. The summed E-state index contributed by atoms with van der Waals surface area (Å²) in [5.74, 6) is 1.09. The molecule has 0 spiro atoms. The van der Waals surface area contributed by atoms with Crippen molar-refractivity contribution in [1.82, 2.24) is 14.4 Å². The van der Waals surface area contributed by atoms with Crippen LogP contribution in [0.4, 0.5) is 0 Å². The molecule has 3 aromatic rings. The van der Waals surface area contributed by atoms with E-state index in [1.807, 2.05) is 48.7 Å². The van der Waals surface area contributed by atoms with E-state index < -0.39 is 0 Å². The van der Waals surface area contributed by atoms with E-state index in [0.717, 1.165) is 31.1 Å². The molecule has 0 N–H and O–H groups in total. The maximum atomic E-state index is 13.1. The summed E-state index contributed by atoms with van der Waals surface area (Å²) in [6.45, 7) is 3.22. The van der Waals surface area contributed by atoms with Gasteiger partial charge in [-0.25, -0.2) is 0 Å². The normalized spacial score (nSPS) is 22.5. The highest BCUT2D eigenvalue weighted by Gasteiger charge is 2.44. The Morgan fingerprint density at radius 3 is 2.58 bits per heavy atom. The summed E-state index contributed by atoms with van der Waals surface area (Å²) in [6, 6.07) is 18.6. The average Bonchev–Trinajstić information content (AvgIpc) is 3.40. The van der Waals surface area contributed by atoms with Gasteiger partial charge in [-0.15, -0.1) is 0 Å². The van der Waals surface area contributed by atoms with E-state index in [1.165, 1.54) is 5.56 Å². The second kappa shape index (κ2) is 6.18. The monoisotopic (exact) mass is 347 g/mol. The van der Waals surface area contributed by atoms with Crippen molar-refractivity contribution in [3.05, 3.63) is 84.1 Å². The van der Waals surface area contributed by atoms with Gasteiger partial charge in [0.2, 0.25) is 0 Å². The highest BCUT2D eigenvalue weighted by atomic mass is 16.3. The summed E-state index contributed by atoms with van der Waals surface area (Å²) in [5.41, 5.74) is 1.96. The Balaban J connectivity index is 1.45. The zero-order valence-corrected chi connectivity index (χ0v) is 14.5. The van der Waals surface area contributed by atoms with E-state index in [9.17, 15) is 4.79 Å². The highest BCUT2D eigenvalue weighted by Crippen LogP contribution is 2.35. The molecule has 5 heteroatoms. The number of likely N-dealkylation sites (tertiary alicyclic amines) is 1. The van der Waals surface area contributed by atoms with E-state index in [-0.39, 0.29) is 18.0 Å². The van der Waals surface area contributed by atoms with Crippen LogP contribution in [0.25, 0.3) is 0 Å². The molecular formula is C21H21N3O2. The van der Waals surface area contributed by atoms with E-state index in [2.05, 4.69) is 26.5 Å². The Morgan fingerprint density at radius 1 is 0.923 bits per heavy atom. The second-order valence-electron chi connectivity index (χ2n) is 7.13. The summed E-state index contributed by atoms with van der Waals surface area (Å²) < 4.78 is 7.68. The minimum absolute atomic E-state index is 0.125. The molecule has 5 rings (SSSR count). The molecule has 5 nitrogen and oxygen atoms in total. The van der Waals surface area contributed by atoms with Gasteiger partial charge in [0.25, 0.3) is 5.91 Å². The molecule has 1 amide bonds. The Kier molecular flexibility index (Phi) is 3.68. The smallest absolute Gasteiger partial charge is 0.271 e. The fourth-order valence-electron chi connectivity index (χ4n) is 4.31. The number of hydrogen-bond donors (Lipinski definition) is 0. The van der Waals surface area contributed by atoms with Crippen LogP contribution in [0.1, 0.15) is 27.9 Å². The molecule has 0 radical (unpaired) electrons. The van der Waals surface area contributed by atoms with Crippen molar-refractivity contribution in [3.8, 4) is 0 Å². The van der Waals surface area contributed by atoms with E-state index in [1.54, 1.807) is 6.26 Å². The Morgan fingerprint density at radius 2 is 1.77 bits per heavy atom. The zero-order valence-electron chi connectivity index (χ0n) is 14.5. The summed E-state index contributed by atoms with van der Waals surface area (Å²) in [5, 5.41) is 0. The van der Waals surface area contributed by atoms with Crippen LogP contribution in [-0.2, 0) is 13.1 Å². The molecule has 1 fully saturated rings. The van der Waals surface area contributed by atoms with Gasteiger partial charge in [-0.05, 0) is 29.8 Å². The van der Waals surface area contributed by atoms with Gasteiger partial charge >= 0.3 is 0 Å². The number of carbonyl (C=O) groups is 1. The lowest BCUT2D eigenvalue weighted by molar-refractivity contribution is 0.0556. The molecule has 1 aromatic carbocycles. The van der Waals surface area contributed by atoms with Crippen LogP contribution in [0.15, 0.2) is 71.5 Å². The molecule has 2 aliphatic rings. The van der Waals surface area contributed by atoms with E-state index in [0.29, 0.717) is 6.54 Å². The third-order valence-corrected chi connectivity index (χ3v) is 5.51. The first-order valence-corrected chi connectivity index (χ1v) is 9.06. The van der Waals surface area contributed by atoms with Crippen LogP contribution in [0.5, 0.6) is 0 Å². The molecule has 2 atom stereocenters. The molecule has 2 aromatic heterocycles. The number of furan rings is 1. The van der Waals surface area contributed by atoms with Gasteiger partial charge in [0.15, 0.2) is 0 Å². The largest absolute Gasteiger partial charge is 0.468 e. The summed E-state index contributed by atoms with van der Waals surface area (Å²) >= 11 is 0. The Hall–Kier alpha value is -2.79. The van der Waals surface area contributed by atoms with Crippen molar-refractivity contribution >= 4 is 5.91 Å². The molecule has 0 bridgehead atoms. The molecule has 1 saturated heterocycles. The first-order valence-electron chi connectivity index (χ1n) is 9.06. The Bertz CT molecular complexity index is 901. The molecule has 2 aliphatic heterocycles. The second-order valence-corrected chi connectivity index (χ2v) is 7.13. The number of nitrogens with zero attached hydrogens (tertiary/aromatic N) is 3. The number of rotatable bonds is 4. The lowest BCUT2D eigenvalue weighted by Gasteiger charge is -2.38. The predicted octanol–water partition coefficient (Wildman–Crippen LogP) is 3.16. The van der Waals surface area contributed by atoms with Gasteiger partial charge in [0.05, 0.1) is 24.9 Å². The van der Waals surface area contributed by atoms with Gasteiger partial charge in [-0.3, -0.25) is 9.69 Å². The van der Waals surface area contributed by atoms with Gasteiger partial charge in [0, 0.05) is 25.8 Å². The van der Waals surface area contributed by atoms with Crippen molar-refractivity contribution in [1.29, 1.82) is 0 Å². The fraction of sp³-hybridized carbons (Fsp3) is 0.286. The number of hydrogen-bond acceptors (Lipinski definition) is 3. The fourth-order valence-corrected chi connectivity index (χ4v) is 4.31. The van der Waals surface area contributed by atoms with E-state index >= 15 is 0 Å². The summed E-state index contributed by atoms with van der Waals surface area (Å²) in [4.78, 5) is 17.6. The number of fused-ring (bicyclic) bond motifs is 3. The lowest BCUT2D eigenvalue weighted by Crippen LogP contribution is -2.49. The minimum Gasteiger partial charge on any atom is -0.468 e. The first-order chi connectivity index (χ1) is 12.8. The van der Waals surface area contributed by atoms with Crippen molar-refractivity contribution in [2.24, 2.45) is 0 Å². The predicted molar refractivity (Wildman–Crippen MR) is 97.6 cm³/mol. The van der Waals surface area contributed by atoms with Crippen LogP contribution in [-0.4, -0.2) is 39.4 Å². The van der Waals surface area contributed by atoms with Crippen LogP contribution >= 0.6 is 0 Å². The van der Waals surface area contributed by atoms with Crippen LogP contribution < -0.4 is 0 Å². The van der Waals surface area contributed by atoms with Crippen molar-refractivity contribution in [3.63, 3.8) is 0 Å². The van der Waals surface area contributed by atoms with Crippen molar-refractivity contribution in [2.45, 2.75) is 25.2 Å². The van der Waals surface area contributed by atoms with Gasteiger partial charge in [-0.2, -0.15) is 0 Å². The van der Waals surface area contributed by atoms with Gasteiger partial charge in [0.1, 0.15) is 11.5 Å². The van der Waals surface area contributed by atoms with Crippen molar-refractivity contribution < 1.29 is 9.21 Å². The standard InChI is InChI=1S/C21H21N3O2/c25-21-18-9-4-10-23(18)19-14-22(13-17-8-5-11-26-17)15-20(19)24(21)12-16-6-2-1-3-7-16/h1-11,19-20H,12-15H2/t19-,20+/m0/s1. The van der Waals surface area contributed by atoms with Crippen LogP contribution in [0, 0.1) is 0 Å². The average molecular weight is 347 g/mol. The molecular weight excluding hydrogens is 326 g/mol. The molecule has 0 saturated carbocycles. The van der Waals surface area contributed by atoms with Crippen LogP contribution in [0.3, 0.4) is 0 Å². The summed E-state index contributed by atoms with van der Waals surface area (Å²) in [6.07, 6.45) is 3.76. The maximum Gasteiger partial charge on any atom is 0.271 e. The third kappa shape index (κ3) is 2.56. The lowest BCUT2D eigenvalue weighted by atomic mass is 10.0.